The van der Waals surface area contributed by atoms with Gasteiger partial charge in [0.2, 0.25) is 5.91 Å². The first-order chi connectivity index (χ1) is 11.6. The van der Waals surface area contributed by atoms with Crippen LogP contribution in [0.3, 0.4) is 0 Å². The highest BCUT2D eigenvalue weighted by Crippen LogP contribution is 2.40. The molecule has 1 aliphatic carbocycles. The summed E-state index contributed by atoms with van der Waals surface area (Å²) in [4.78, 5) is 13.1. The van der Waals surface area contributed by atoms with Gasteiger partial charge in [0.1, 0.15) is 0 Å². The van der Waals surface area contributed by atoms with Gasteiger partial charge in [0, 0.05) is 11.6 Å². The highest BCUT2D eigenvalue weighted by molar-refractivity contribution is 6.30. The number of carbonyl (C=O) groups excluding carboxylic acids is 1. The molecule has 126 valence electrons. The number of halogens is 1. The Balaban J connectivity index is 1.80. The average Bonchev–Trinajstić information content (AvgIpc) is 2.61. The summed E-state index contributed by atoms with van der Waals surface area (Å²) >= 11 is 6.19. The topological polar surface area (TPSA) is 29.1 Å². The summed E-state index contributed by atoms with van der Waals surface area (Å²) in [6.07, 6.45) is 5.17. The van der Waals surface area contributed by atoms with Gasteiger partial charge in [-0.05, 0) is 43.0 Å². The maximum absolute atomic E-state index is 13.1. The Labute approximate surface area is 149 Å². The largest absolute Gasteiger partial charge is 0.351 e. The minimum Gasteiger partial charge on any atom is -0.351 e. The van der Waals surface area contributed by atoms with Crippen molar-refractivity contribution in [2.24, 2.45) is 0 Å². The Morgan fingerprint density at radius 1 is 1.08 bits per heavy atom. The van der Waals surface area contributed by atoms with Crippen molar-refractivity contribution in [2.45, 2.75) is 51.0 Å². The van der Waals surface area contributed by atoms with Crippen LogP contribution in [0.4, 0.5) is 0 Å². The van der Waals surface area contributed by atoms with E-state index in [1.165, 1.54) is 12.0 Å². The Kier molecular flexibility index (Phi) is 5.25. The lowest BCUT2D eigenvalue weighted by Gasteiger charge is -2.36. The molecular weight excluding hydrogens is 318 g/mol. The summed E-state index contributed by atoms with van der Waals surface area (Å²) in [5, 5.41) is 3.86. The third-order valence-corrected chi connectivity index (χ3v) is 5.33. The molecule has 1 N–H and O–H groups in total. The average molecular weight is 342 g/mol. The van der Waals surface area contributed by atoms with Gasteiger partial charge in [0.25, 0.3) is 0 Å². The Morgan fingerprint density at radius 3 is 2.46 bits per heavy atom. The number of amides is 1. The predicted molar refractivity (Wildman–Crippen MR) is 99.2 cm³/mol. The van der Waals surface area contributed by atoms with Crippen molar-refractivity contribution < 1.29 is 4.79 Å². The Morgan fingerprint density at radius 2 is 1.79 bits per heavy atom. The maximum atomic E-state index is 13.1. The first kappa shape index (κ1) is 17.0. The van der Waals surface area contributed by atoms with Crippen LogP contribution in [0.25, 0.3) is 0 Å². The number of hydrogen-bond donors (Lipinski definition) is 1. The van der Waals surface area contributed by atoms with Crippen molar-refractivity contribution >= 4 is 17.5 Å². The second-order valence-corrected chi connectivity index (χ2v) is 7.26. The van der Waals surface area contributed by atoms with Crippen LogP contribution >= 0.6 is 11.6 Å². The molecule has 0 aliphatic heterocycles. The van der Waals surface area contributed by atoms with Gasteiger partial charge in [-0.1, -0.05) is 72.8 Å². The molecule has 0 atom stereocenters. The van der Waals surface area contributed by atoms with E-state index in [4.69, 9.17) is 11.6 Å². The normalized spacial score (nSPS) is 16.6. The molecule has 24 heavy (non-hydrogen) atoms. The van der Waals surface area contributed by atoms with E-state index in [1.807, 2.05) is 24.3 Å². The first-order valence-corrected chi connectivity index (χ1v) is 9.08. The Bertz CT molecular complexity index is 702. The number of aryl methyl sites for hydroxylation is 1. The van der Waals surface area contributed by atoms with E-state index < -0.39 is 5.41 Å². The van der Waals surface area contributed by atoms with E-state index in [0.717, 1.165) is 36.8 Å². The van der Waals surface area contributed by atoms with Crippen molar-refractivity contribution in [3.63, 3.8) is 0 Å². The molecule has 1 fully saturated rings. The summed E-state index contributed by atoms with van der Waals surface area (Å²) in [6.45, 7) is 2.64. The fourth-order valence-electron chi connectivity index (χ4n) is 3.65. The molecule has 3 rings (SSSR count). The Hall–Kier alpha value is -1.80. The second-order valence-electron chi connectivity index (χ2n) is 6.82. The number of benzene rings is 2. The van der Waals surface area contributed by atoms with Crippen molar-refractivity contribution in [3.05, 3.63) is 70.2 Å². The zero-order valence-electron chi connectivity index (χ0n) is 14.1. The molecule has 0 bridgehead atoms. The highest BCUT2D eigenvalue weighted by Gasteiger charge is 2.40. The van der Waals surface area contributed by atoms with E-state index in [2.05, 4.69) is 36.5 Å². The molecular formula is C21H24ClNO. The smallest absolute Gasteiger partial charge is 0.230 e. The molecule has 0 aromatic heterocycles. The standard InChI is InChI=1S/C21H24ClNO/c1-16-8-10-17(11-9-16)15-23-20(24)21(12-3-2-4-13-21)18-6-5-7-19(22)14-18/h5-11,14H,2-4,12-13,15H2,1H3,(H,23,24). The van der Waals surface area contributed by atoms with Gasteiger partial charge < -0.3 is 5.32 Å². The van der Waals surface area contributed by atoms with E-state index in [-0.39, 0.29) is 5.91 Å². The molecule has 2 aromatic rings. The minimum atomic E-state index is -0.437. The molecule has 0 unspecified atom stereocenters. The fraction of sp³-hybridized carbons (Fsp3) is 0.381. The molecule has 0 radical (unpaired) electrons. The van der Waals surface area contributed by atoms with Crippen LogP contribution < -0.4 is 5.32 Å². The lowest BCUT2D eigenvalue weighted by molar-refractivity contribution is -0.128. The van der Waals surface area contributed by atoms with Gasteiger partial charge in [-0.15, -0.1) is 0 Å². The van der Waals surface area contributed by atoms with Gasteiger partial charge in [-0.25, -0.2) is 0 Å². The van der Waals surface area contributed by atoms with Gasteiger partial charge in [-0.2, -0.15) is 0 Å². The molecule has 0 saturated heterocycles. The number of carbonyl (C=O) groups is 1. The van der Waals surface area contributed by atoms with Gasteiger partial charge in [0.15, 0.2) is 0 Å². The lowest BCUT2D eigenvalue weighted by Crippen LogP contribution is -2.45. The van der Waals surface area contributed by atoms with Crippen molar-refractivity contribution in [1.29, 1.82) is 0 Å². The van der Waals surface area contributed by atoms with Crippen LogP contribution in [-0.4, -0.2) is 5.91 Å². The zero-order valence-corrected chi connectivity index (χ0v) is 14.9. The van der Waals surface area contributed by atoms with Crippen LogP contribution in [0.15, 0.2) is 48.5 Å². The molecule has 0 spiro atoms. The van der Waals surface area contributed by atoms with E-state index in [9.17, 15) is 4.79 Å². The third kappa shape index (κ3) is 3.64. The minimum absolute atomic E-state index is 0.130. The molecule has 2 aromatic carbocycles. The van der Waals surface area contributed by atoms with Crippen LogP contribution in [-0.2, 0) is 16.8 Å². The van der Waals surface area contributed by atoms with Crippen molar-refractivity contribution in [3.8, 4) is 0 Å². The van der Waals surface area contributed by atoms with Crippen LogP contribution in [0.2, 0.25) is 5.02 Å². The molecule has 0 heterocycles. The molecule has 3 heteroatoms. The van der Waals surface area contributed by atoms with Crippen molar-refractivity contribution in [2.75, 3.05) is 0 Å². The maximum Gasteiger partial charge on any atom is 0.230 e. The molecule has 1 amide bonds. The summed E-state index contributed by atoms with van der Waals surface area (Å²) < 4.78 is 0. The summed E-state index contributed by atoms with van der Waals surface area (Å²) in [5.41, 5.74) is 2.98. The summed E-state index contributed by atoms with van der Waals surface area (Å²) in [6, 6.07) is 16.1. The van der Waals surface area contributed by atoms with E-state index in [1.54, 1.807) is 0 Å². The SMILES string of the molecule is Cc1ccc(CNC(=O)C2(c3cccc(Cl)c3)CCCCC2)cc1. The van der Waals surface area contributed by atoms with Gasteiger partial charge >= 0.3 is 0 Å². The highest BCUT2D eigenvalue weighted by atomic mass is 35.5. The van der Waals surface area contributed by atoms with Crippen LogP contribution in [0.1, 0.15) is 48.8 Å². The lowest BCUT2D eigenvalue weighted by atomic mass is 9.68. The zero-order chi connectivity index (χ0) is 17.0. The monoisotopic (exact) mass is 341 g/mol. The fourth-order valence-corrected chi connectivity index (χ4v) is 3.84. The summed E-state index contributed by atoms with van der Waals surface area (Å²) in [5.74, 6) is 0.130. The number of rotatable bonds is 4. The molecule has 1 aliphatic rings. The number of nitrogens with one attached hydrogen (secondary N) is 1. The molecule has 2 nitrogen and oxygen atoms in total. The molecule has 1 saturated carbocycles. The third-order valence-electron chi connectivity index (χ3n) is 5.09. The predicted octanol–water partition coefficient (Wildman–Crippen LogP) is 5.17. The van der Waals surface area contributed by atoms with Crippen molar-refractivity contribution in [1.82, 2.24) is 5.32 Å². The van der Waals surface area contributed by atoms with Crippen LogP contribution in [0.5, 0.6) is 0 Å². The van der Waals surface area contributed by atoms with E-state index in [0.29, 0.717) is 11.6 Å². The first-order valence-electron chi connectivity index (χ1n) is 8.70. The van der Waals surface area contributed by atoms with Gasteiger partial charge in [0.05, 0.1) is 5.41 Å². The second kappa shape index (κ2) is 7.40. The number of hydrogen-bond acceptors (Lipinski definition) is 1. The van der Waals surface area contributed by atoms with Crippen LogP contribution in [0, 0.1) is 6.92 Å². The quantitative estimate of drug-likeness (QED) is 0.817. The summed E-state index contributed by atoms with van der Waals surface area (Å²) in [7, 11) is 0. The van der Waals surface area contributed by atoms with Gasteiger partial charge in [-0.3, -0.25) is 4.79 Å². The van der Waals surface area contributed by atoms with E-state index >= 15 is 0 Å².